The summed E-state index contributed by atoms with van der Waals surface area (Å²) in [5.74, 6) is 0.575. The molecule has 1 aliphatic rings. The summed E-state index contributed by atoms with van der Waals surface area (Å²) in [6.45, 7) is 2.11. The number of amides is 2. The summed E-state index contributed by atoms with van der Waals surface area (Å²) in [7, 11) is 0. The van der Waals surface area contributed by atoms with Crippen LogP contribution in [0.15, 0.2) is 66.0 Å². The Bertz CT molecular complexity index is 1000. The number of benzene rings is 2. The Morgan fingerprint density at radius 2 is 1.97 bits per heavy atom. The van der Waals surface area contributed by atoms with Gasteiger partial charge < -0.3 is 5.32 Å². The number of hydrogen-bond donors (Lipinski definition) is 1. The van der Waals surface area contributed by atoms with Gasteiger partial charge in [-0.15, -0.1) is 23.1 Å². The average Bonchev–Trinajstić information content (AvgIpc) is 3.38. The maximum atomic E-state index is 12.6. The van der Waals surface area contributed by atoms with Gasteiger partial charge >= 0.3 is 0 Å². The van der Waals surface area contributed by atoms with E-state index >= 15 is 0 Å². The first-order chi connectivity index (χ1) is 14.1. The summed E-state index contributed by atoms with van der Waals surface area (Å²) >= 11 is 3.21. The molecule has 0 saturated carbocycles. The van der Waals surface area contributed by atoms with Crippen LogP contribution in [0.25, 0.3) is 0 Å². The van der Waals surface area contributed by atoms with E-state index in [9.17, 15) is 9.59 Å². The molecule has 2 heterocycles. The smallest absolute Gasteiger partial charge is 0.238 e. The fourth-order valence-electron chi connectivity index (χ4n) is 3.38. The number of nitrogens with zero attached hydrogens (tertiary/aromatic N) is 1. The fraction of sp³-hybridized carbons (Fsp3) is 0.217. The molecule has 0 aliphatic carbocycles. The van der Waals surface area contributed by atoms with Gasteiger partial charge in [-0.3, -0.25) is 14.5 Å². The van der Waals surface area contributed by atoms with E-state index in [0.717, 1.165) is 28.2 Å². The molecule has 29 heavy (non-hydrogen) atoms. The highest BCUT2D eigenvalue weighted by Crippen LogP contribution is 2.42. The average molecular weight is 423 g/mol. The Morgan fingerprint density at radius 1 is 1.14 bits per heavy atom. The lowest BCUT2D eigenvalue weighted by atomic mass is 10.1. The normalized spacial score (nSPS) is 16.2. The van der Waals surface area contributed by atoms with Crippen LogP contribution in [-0.4, -0.2) is 17.6 Å². The van der Waals surface area contributed by atoms with E-state index in [4.69, 9.17) is 0 Å². The topological polar surface area (TPSA) is 49.4 Å². The van der Waals surface area contributed by atoms with Gasteiger partial charge in [-0.2, -0.15) is 0 Å². The lowest BCUT2D eigenvalue weighted by Crippen LogP contribution is -2.27. The second-order valence-corrected chi connectivity index (χ2v) is 8.98. The molecule has 6 heteroatoms. The summed E-state index contributed by atoms with van der Waals surface area (Å²) in [6.07, 6.45) is 1.32. The van der Waals surface area contributed by atoms with Crippen molar-refractivity contribution in [3.05, 3.63) is 82.0 Å². The quantitative estimate of drug-likeness (QED) is 0.589. The number of hydrogen-bond acceptors (Lipinski definition) is 4. The van der Waals surface area contributed by atoms with Crippen LogP contribution in [-0.2, 0) is 22.4 Å². The van der Waals surface area contributed by atoms with Crippen molar-refractivity contribution in [2.45, 2.75) is 25.1 Å². The number of aryl methyl sites for hydroxylation is 1. The highest BCUT2D eigenvalue weighted by Gasteiger charge is 2.34. The Balaban J connectivity index is 1.48. The first kappa shape index (κ1) is 19.7. The molecule has 2 aromatic carbocycles. The molecular formula is C23H22N2O2S2. The summed E-state index contributed by atoms with van der Waals surface area (Å²) in [5.41, 5.74) is 3.98. The minimum Gasteiger partial charge on any atom is -0.326 e. The Kier molecular flexibility index (Phi) is 6.02. The fourth-order valence-corrected chi connectivity index (χ4v) is 5.26. The lowest BCUT2D eigenvalue weighted by Gasteiger charge is -2.25. The van der Waals surface area contributed by atoms with Crippen molar-refractivity contribution in [1.29, 1.82) is 0 Å². The molecule has 1 unspecified atom stereocenters. The molecule has 0 radical (unpaired) electrons. The predicted octanol–water partition coefficient (Wildman–Crippen LogP) is 5.27. The minimum absolute atomic E-state index is 0.0244. The van der Waals surface area contributed by atoms with Crippen molar-refractivity contribution in [2.24, 2.45) is 0 Å². The SMILES string of the molecule is CCc1cccc(N2C(=O)CSC2c2ccc(NC(=O)Cc3cccs3)cc2)c1. The Hall–Kier alpha value is -2.57. The molecule has 0 bridgehead atoms. The number of thioether (sulfide) groups is 1. The van der Waals surface area contributed by atoms with Gasteiger partial charge in [0.1, 0.15) is 5.37 Å². The second-order valence-electron chi connectivity index (χ2n) is 6.88. The zero-order valence-electron chi connectivity index (χ0n) is 16.1. The number of carbonyl (C=O) groups excluding carboxylic acids is 2. The van der Waals surface area contributed by atoms with Crippen LogP contribution in [0, 0.1) is 0 Å². The number of carbonyl (C=O) groups is 2. The molecule has 4 rings (SSSR count). The van der Waals surface area contributed by atoms with Crippen molar-refractivity contribution in [1.82, 2.24) is 0 Å². The van der Waals surface area contributed by atoms with Crippen molar-refractivity contribution >= 4 is 46.3 Å². The maximum absolute atomic E-state index is 12.6. The Labute approximate surface area is 178 Å². The van der Waals surface area contributed by atoms with E-state index in [1.165, 1.54) is 5.56 Å². The van der Waals surface area contributed by atoms with Crippen molar-refractivity contribution < 1.29 is 9.59 Å². The maximum Gasteiger partial charge on any atom is 0.238 e. The summed E-state index contributed by atoms with van der Waals surface area (Å²) in [5, 5.41) is 4.87. The largest absolute Gasteiger partial charge is 0.326 e. The monoisotopic (exact) mass is 422 g/mol. The molecule has 1 N–H and O–H groups in total. The van der Waals surface area contributed by atoms with Gasteiger partial charge in [0.2, 0.25) is 11.8 Å². The van der Waals surface area contributed by atoms with Crippen LogP contribution >= 0.6 is 23.1 Å². The van der Waals surface area contributed by atoms with Crippen molar-refractivity contribution in [3.8, 4) is 0 Å². The van der Waals surface area contributed by atoms with Crippen molar-refractivity contribution in [2.75, 3.05) is 16.0 Å². The number of anilines is 2. The molecule has 148 valence electrons. The van der Waals surface area contributed by atoms with E-state index in [1.807, 2.05) is 58.8 Å². The van der Waals surface area contributed by atoms with E-state index in [-0.39, 0.29) is 17.2 Å². The molecule has 2 amide bonds. The highest BCUT2D eigenvalue weighted by molar-refractivity contribution is 8.00. The van der Waals surface area contributed by atoms with Gasteiger partial charge in [0.25, 0.3) is 0 Å². The van der Waals surface area contributed by atoms with Gasteiger partial charge in [0, 0.05) is 16.3 Å². The summed E-state index contributed by atoms with van der Waals surface area (Å²) in [6, 6.07) is 19.9. The predicted molar refractivity (Wildman–Crippen MR) is 122 cm³/mol. The van der Waals surface area contributed by atoms with E-state index in [1.54, 1.807) is 23.1 Å². The van der Waals surface area contributed by atoms with Crippen LogP contribution in [0.3, 0.4) is 0 Å². The zero-order valence-corrected chi connectivity index (χ0v) is 17.8. The van der Waals surface area contributed by atoms with E-state index in [0.29, 0.717) is 12.2 Å². The third-order valence-electron chi connectivity index (χ3n) is 4.86. The van der Waals surface area contributed by atoms with Gasteiger partial charge in [0.15, 0.2) is 0 Å². The van der Waals surface area contributed by atoms with Crippen LogP contribution in [0.5, 0.6) is 0 Å². The molecule has 1 aromatic heterocycles. The minimum atomic E-state index is -0.0505. The van der Waals surface area contributed by atoms with Gasteiger partial charge in [-0.05, 0) is 53.3 Å². The third-order valence-corrected chi connectivity index (χ3v) is 6.95. The van der Waals surface area contributed by atoms with Crippen LogP contribution in [0.2, 0.25) is 0 Å². The zero-order chi connectivity index (χ0) is 20.2. The van der Waals surface area contributed by atoms with Crippen LogP contribution < -0.4 is 10.2 Å². The number of nitrogens with one attached hydrogen (secondary N) is 1. The van der Waals surface area contributed by atoms with E-state index < -0.39 is 0 Å². The molecule has 1 atom stereocenters. The van der Waals surface area contributed by atoms with E-state index in [2.05, 4.69) is 24.4 Å². The first-order valence-corrected chi connectivity index (χ1v) is 11.5. The molecule has 1 fully saturated rings. The summed E-state index contributed by atoms with van der Waals surface area (Å²) in [4.78, 5) is 27.7. The molecule has 4 nitrogen and oxygen atoms in total. The third kappa shape index (κ3) is 4.54. The van der Waals surface area contributed by atoms with Gasteiger partial charge in [-0.25, -0.2) is 0 Å². The second kappa shape index (κ2) is 8.84. The molecule has 0 spiro atoms. The summed E-state index contributed by atoms with van der Waals surface area (Å²) < 4.78 is 0. The molecule has 1 saturated heterocycles. The van der Waals surface area contributed by atoms with Crippen molar-refractivity contribution in [3.63, 3.8) is 0 Å². The molecule has 3 aromatic rings. The van der Waals surface area contributed by atoms with Crippen LogP contribution in [0.4, 0.5) is 11.4 Å². The number of rotatable bonds is 6. The van der Waals surface area contributed by atoms with Crippen LogP contribution in [0.1, 0.15) is 28.3 Å². The standard InChI is InChI=1S/C23H22N2O2S2/c1-2-16-5-3-6-19(13-16)25-22(27)15-29-23(25)17-8-10-18(11-9-17)24-21(26)14-20-7-4-12-28-20/h3-13,23H,2,14-15H2,1H3,(H,24,26). The first-order valence-electron chi connectivity index (χ1n) is 9.59. The Morgan fingerprint density at radius 3 is 2.69 bits per heavy atom. The number of thiophene rings is 1. The highest BCUT2D eigenvalue weighted by atomic mass is 32.2. The van der Waals surface area contributed by atoms with Gasteiger partial charge in [-0.1, -0.05) is 37.3 Å². The lowest BCUT2D eigenvalue weighted by molar-refractivity contribution is -0.116. The molecular weight excluding hydrogens is 400 g/mol. The van der Waals surface area contributed by atoms with Gasteiger partial charge in [0.05, 0.1) is 12.2 Å². The molecule has 1 aliphatic heterocycles.